The molecule has 0 saturated carbocycles. The Morgan fingerprint density at radius 1 is 1.08 bits per heavy atom. The van der Waals surface area contributed by atoms with Crippen molar-refractivity contribution >= 4 is 30.3 Å². The van der Waals surface area contributed by atoms with Crippen LogP contribution in [0, 0.1) is 32.5 Å². The van der Waals surface area contributed by atoms with Crippen molar-refractivity contribution in [1.82, 2.24) is 20.1 Å². The third-order valence-corrected chi connectivity index (χ3v) is 8.58. The molecule has 0 bridgehead atoms. The number of carbonyl (C=O) groups excluding carboxylic acids is 2. The number of carboxylic acid groups (broad SMARTS) is 1. The van der Waals surface area contributed by atoms with Gasteiger partial charge in [-0.05, 0) is 104 Å². The average Bonchev–Trinajstić information content (AvgIpc) is 3.02. The molecule has 2 heterocycles. The topological polar surface area (TPSA) is 130 Å². The maximum absolute atomic E-state index is 14.6. The van der Waals surface area contributed by atoms with E-state index in [9.17, 15) is 18.8 Å². The van der Waals surface area contributed by atoms with Gasteiger partial charge in [0.2, 0.25) is 0 Å². The van der Waals surface area contributed by atoms with Crippen molar-refractivity contribution in [1.29, 1.82) is 0 Å². The van der Waals surface area contributed by atoms with E-state index in [0.29, 0.717) is 41.3 Å². The molecule has 10 nitrogen and oxygen atoms in total. The standard InChI is InChI=1S/C19H21ClFNO2.C17H27N3O3.CH2O/c1-10-6-14(20)7-11(2)18(10)13-5-12(3)19(21)15(8-13)16(22-4)9-17(23)24;1-13(2)6-7-18-16(21)15-5-4-8-20(17(15)22)10-9-19-11-14(12-19)23-3;1-2/h5-8,16,22H,9H2,1-4H3,(H,23,24);4-5,8,13-14H,6-7,9-12H2,1-3H3,(H,18,21);1H2. The van der Waals surface area contributed by atoms with Gasteiger partial charge in [-0.15, -0.1) is 0 Å². The second-order valence-corrected chi connectivity index (χ2v) is 13.0. The molecule has 49 heavy (non-hydrogen) atoms. The normalized spacial score (nSPS) is 13.4. The number of aliphatic carboxylic acids is 1. The monoisotopic (exact) mass is 700 g/mol. The molecule has 1 amide bonds. The smallest absolute Gasteiger partial charge is 0.305 e. The lowest BCUT2D eigenvalue weighted by Gasteiger charge is -2.38. The number of hydrogen-bond donors (Lipinski definition) is 3. The van der Waals surface area contributed by atoms with Crippen molar-refractivity contribution in [2.45, 2.75) is 66.2 Å². The predicted molar refractivity (Wildman–Crippen MR) is 192 cm³/mol. The van der Waals surface area contributed by atoms with E-state index < -0.39 is 12.0 Å². The van der Waals surface area contributed by atoms with Crippen molar-refractivity contribution in [2.24, 2.45) is 5.92 Å². The van der Waals surface area contributed by atoms with Crippen molar-refractivity contribution in [3.8, 4) is 11.1 Å². The first-order chi connectivity index (χ1) is 23.2. The molecule has 268 valence electrons. The highest BCUT2D eigenvalue weighted by atomic mass is 35.5. The molecule has 0 radical (unpaired) electrons. The summed E-state index contributed by atoms with van der Waals surface area (Å²) < 4.78 is 21.4. The number of likely N-dealkylation sites (tertiary alicyclic amines) is 1. The number of nitrogens with zero attached hydrogens (tertiary/aromatic N) is 2. The predicted octanol–water partition coefficient (Wildman–Crippen LogP) is 5.58. The van der Waals surface area contributed by atoms with E-state index in [2.05, 4.69) is 29.4 Å². The highest BCUT2D eigenvalue weighted by Gasteiger charge is 2.26. The quantitative estimate of drug-likeness (QED) is 0.211. The SMILES string of the molecule is C=O.CNC(CC(=O)O)c1cc(-c2c(C)cc(Cl)cc2C)cc(C)c1F.COC1CN(CCn2cccc(C(=O)NCCC(C)C)c2=O)C1. The Balaban J connectivity index is 0.000000324. The number of methoxy groups -OCH3 is 1. The Morgan fingerprint density at radius 2 is 1.71 bits per heavy atom. The molecule has 2 aromatic carbocycles. The number of rotatable bonds is 13. The number of aryl methyl sites for hydroxylation is 3. The number of amides is 1. The molecule has 1 atom stereocenters. The van der Waals surface area contributed by atoms with Crippen LogP contribution in [0.15, 0.2) is 47.4 Å². The molecule has 4 rings (SSSR count). The van der Waals surface area contributed by atoms with Crippen molar-refractivity contribution in [3.63, 3.8) is 0 Å². The van der Waals surface area contributed by atoms with Crippen LogP contribution in [0.3, 0.4) is 0 Å². The molecule has 1 aromatic heterocycles. The van der Waals surface area contributed by atoms with Gasteiger partial charge >= 0.3 is 5.97 Å². The van der Waals surface area contributed by atoms with Gasteiger partial charge in [0.15, 0.2) is 0 Å². The molecular weight excluding hydrogens is 651 g/mol. The largest absolute Gasteiger partial charge is 0.481 e. The number of aromatic nitrogens is 1. The summed E-state index contributed by atoms with van der Waals surface area (Å²) >= 11 is 6.09. The number of benzene rings is 2. The van der Waals surface area contributed by atoms with Crippen LogP contribution in [0.4, 0.5) is 4.39 Å². The zero-order valence-electron chi connectivity index (χ0n) is 29.6. The van der Waals surface area contributed by atoms with Crippen LogP contribution < -0.4 is 16.2 Å². The van der Waals surface area contributed by atoms with Crippen molar-refractivity contribution in [3.05, 3.63) is 91.6 Å². The minimum Gasteiger partial charge on any atom is -0.481 e. The fourth-order valence-electron chi connectivity index (χ4n) is 5.66. The first kappa shape index (κ1) is 41.3. The molecule has 12 heteroatoms. The zero-order valence-corrected chi connectivity index (χ0v) is 30.3. The maximum atomic E-state index is 14.6. The first-order valence-electron chi connectivity index (χ1n) is 16.2. The van der Waals surface area contributed by atoms with Gasteiger partial charge in [-0.1, -0.05) is 25.4 Å². The summed E-state index contributed by atoms with van der Waals surface area (Å²) in [5.74, 6) is -1.11. The summed E-state index contributed by atoms with van der Waals surface area (Å²) in [6.07, 6.45) is 2.77. The zero-order chi connectivity index (χ0) is 36.8. The summed E-state index contributed by atoms with van der Waals surface area (Å²) in [5, 5.41) is 15.4. The number of ether oxygens (including phenoxy) is 1. The van der Waals surface area contributed by atoms with E-state index in [-0.39, 0.29) is 29.3 Å². The number of pyridine rings is 1. The van der Waals surface area contributed by atoms with Gasteiger partial charge < -0.3 is 29.8 Å². The van der Waals surface area contributed by atoms with E-state index in [1.165, 1.54) is 0 Å². The average molecular weight is 701 g/mol. The molecule has 0 aliphatic carbocycles. The summed E-state index contributed by atoms with van der Waals surface area (Å²) in [6.45, 7) is 15.6. The summed E-state index contributed by atoms with van der Waals surface area (Å²) in [6, 6.07) is 10.0. The van der Waals surface area contributed by atoms with Crippen LogP contribution in [0.5, 0.6) is 0 Å². The summed E-state index contributed by atoms with van der Waals surface area (Å²) in [4.78, 5) is 45.8. The highest BCUT2D eigenvalue weighted by Crippen LogP contribution is 2.34. The van der Waals surface area contributed by atoms with Gasteiger partial charge in [0.05, 0.1) is 12.5 Å². The lowest BCUT2D eigenvalue weighted by Crippen LogP contribution is -2.52. The molecule has 3 N–H and O–H groups in total. The fourth-order valence-corrected chi connectivity index (χ4v) is 5.99. The van der Waals surface area contributed by atoms with E-state index in [1.807, 2.05) is 32.8 Å². The second kappa shape index (κ2) is 19.9. The number of hydrogen-bond acceptors (Lipinski definition) is 7. The Labute approximate surface area is 293 Å². The van der Waals surface area contributed by atoms with Crippen LogP contribution in [-0.2, 0) is 20.9 Å². The number of halogens is 2. The molecule has 1 fully saturated rings. The Hall–Kier alpha value is -3.90. The number of carboxylic acids is 1. The Morgan fingerprint density at radius 3 is 2.27 bits per heavy atom. The first-order valence-corrected chi connectivity index (χ1v) is 16.6. The van der Waals surface area contributed by atoms with E-state index in [0.717, 1.165) is 48.3 Å². The van der Waals surface area contributed by atoms with Gasteiger partial charge in [-0.2, -0.15) is 0 Å². The molecule has 1 aliphatic heterocycles. The summed E-state index contributed by atoms with van der Waals surface area (Å²) in [5.41, 5.74) is 4.70. The van der Waals surface area contributed by atoms with E-state index >= 15 is 0 Å². The summed E-state index contributed by atoms with van der Waals surface area (Å²) in [7, 11) is 3.35. The molecule has 0 spiro atoms. The lowest BCUT2D eigenvalue weighted by molar-refractivity contribution is -0.137. The van der Waals surface area contributed by atoms with Crippen LogP contribution in [-0.4, -0.2) is 79.7 Å². The van der Waals surface area contributed by atoms with Crippen LogP contribution in [0.2, 0.25) is 5.02 Å². The fraction of sp³-hybridized carbons (Fsp3) is 0.459. The minimum absolute atomic E-state index is 0.186. The van der Waals surface area contributed by atoms with Crippen LogP contribution >= 0.6 is 11.6 Å². The van der Waals surface area contributed by atoms with Crippen molar-refractivity contribution in [2.75, 3.05) is 40.3 Å². The molecular formula is C37H50ClFN4O6. The molecule has 1 saturated heterocycles. The van der Waals surface area contributed by atoms with Gasteiger partial charge in [0, 0.05) is 62.7 Å². The molecule has 3 aromatic rings. The number of carbonyl (C=O) groups is 3. The number of nitrogens with one attached hydrogen (secondary N) is 2. The van der Waals surface area contributed by atoms with Crippen molar-refractivity contribution < 1.29 is 28.6 Å². The van der Waals surface area contributed by atoms with E-state index in [1.54, 1.807) is 56.1 Å². The van der Waals surface area contributed by atoms with Crippen LogP contribution in [0.1, 0.15) is 65.3 Å². The maximum Gasteiger partial charge on any atom is 0.305 e. The molecule has 1 aliphatic rings. The lowest BCUT2D eigenvalue weighted by atomic mass is 9.90. The third-order valence-electron chi connectivity index (χ3n) is 8.36. The highest BCUT2D eigenvalue weighted by molar-refractivity contribution is 6.30. The van der Waals surface area contributed by atoms with Gasteiger partial charge in [0.25, 0.3) is 11.5 Å². The molecule has 1 unspecified atom stereocenters. The van der Waals surface area contributed by atoms with Gasteiger partial charge in [-0.3, -0.25) is 19.3 Å². The van der Waals surface area contributed by atoms with E-state index in [4.69, 9.17) is 26.2 Å². The minimum atomic E-state index is -0.976. The van der Waals surface area contributed by atoms with Gasteiger partial charge in [0.1, 0.15) is 18.2 Å². The van der Waals surface area contributed by atoms with Crippen LogP contribution in [0.25, 0.3) is 11.1 Å². The Bertz CT molecular complexity index is 1600. The van der Waals surface area contributed by atoms with Gasteiger partial charge in [-0.25, -0.2) is 4.39 Å². The Kier molecular flexibility index (Phi) is 16.8. The third kappa shape index (κ3) is 11.9. The second-order valence-electron chi connectivity index (χ2n) is 12.5.